The summed E-state index contributed by atoms with van der Waals surface area (Å²) in [5.74, 6) is -2.18. The van der Waals surface area contributed by atoms with E-state index in [2.05, 4.69) is 0 Å². The third-order valence-electron chi connectivity index (χ3n) is 2.99. The van der Waals surface area contributed by atoms with Gasteiger partial charge < -0.3 is 10.2 Å². The molecule has 0 atom stereocenters. The number of carbonyl (C=O) groups is 3. The number of hydrogen-bond acceptors (Lipinski definition) is 5. The number of ketones is 3. The minimum absolute atomic E-state index is 0. The van der Waals surface area contributed by atoms with Gasteiger partial charge in [-0.05, 0) is 41.5 Å². The second kappa shape index (κ2) is 6.51. The molecule has 0 aliphatic heterocycles. The molecule has 5 nitrogen and oxygen atoms in total. The Morgan fingerprint density at radius 3 is 1.37 bits per heavy atom. The summed E-state index contributed by atoms with van der Waals surface area (Å²) in [6, 6.07) is 0. The summed E-state index contributed by atoms with van der Waals surface area (Å²) in [4.78, 5) is 35.8. The molecule has 6 heteroatoms. The van der Waals surface area contributed by atoms with Crippen molar-refractivity contribution in [1.29, 1.82) is 0 Å². The van der Waals surface area contributed by atoms with Gasteiger partial charge in [0, 0.05) is 32.6 Å². The standard InChI is InChI=1S/C13H22O5.Zr/c1-8(14)13(9(2)15,12(5,6)18)10(16)7-11(3,4)17;/h17-18H,7H2,1-6H3;. The predicted octanol–water partition coefficient (Wildman–Crippen LogP) is 0.649. The van der Waals surface area contributed by atoms with Crippen LogP contribution in [0.2, 0.25) is 0 Å². The van der Waals surface area contributed by atoms with Gasteiger partial charge in [-0.2, -0.15) is 0 Å². The molecule has 0 aliphatic rings. The van der Waals surface area contributed by atoms with Gasteiger partial charge >= 0.3 is 0 Å². The molecule has 0 spiro atoms. The van der Waals surface area contributed by atoms with Crippen LogP contribution in [0.3, 0.4) is 0 Å². The topological polar surface area (TPSA) is 91.7 Å². The smallest absolute Gasteiger partial charge is 0.173 e. The number of aliphatic hydroxyl groups is 2. The zero-order valence-electron chi connectivity index (χ0n) is 12.3. The summed E-state index contributed by atoms with van der Waals surface area (Å²) >= 11 is 0. The minimum atomic E-state index is -2.12. The van der Waals surface area contributed by atoms with Gasteiger partial charge in [0.15, 0.2) is 22.8 Å². The third kappa shape index (κ3) is 4.40. The molecular formula is C13H22O5Zr. The fraction of sp³-hybridized carbons (Fsp3) is 0.769. The molecule has 108 valence electrons. The summed E-state index contributed by atoms with van der Waals surface area (Å²) in [5.41, 5.74) is -5.28. The molecule has 0 bridgehead atoms. The SMILES string of the molecule is CC(=O)C(C(C)=O)(C(=O)CC(C)(C)O)C(C)(C)O.[Zr]. The zero-order chi connectivity index (χ0) is 14.9. The van der Waals surface area contributed by atoms with E-state index in [4.69, 9.17) is 0 Å². The Labute approximate surface area is 132 Å². The van der Waals surface area contributed by atoms with Gasteiger partial charge in [-0.1, -0.05) is 0 Å². The third-order valence-corrected chi connectivity index (χ3v) is 2.99. The molecule has 19 heavy (non-hydrogen) atoms. The van der Waals surface area contributed by atoms with Crippen LogP contribution < -0.4 is 0 Å². The van der Waals surface area contributed by atoms with Crippen molar-refractivity contribution in [3.63, 3.8) is 0 Å². The van der Waals surface area contributed by atoms with Crippen LogP contribution in [0.4, 0.5) is 0 Å². The van der Waals surface area contributed by atoms with Crippen LogP contribution in [-0.4, -0.2) is 38.8 Å². The Hall–Kier alpha value is -0.187. The maximum Gasteiger partial charge on any atom is 0.173 e. The maximum absolute atomic E-state index is 12.2. The van der Waals surface area contributed by atoms with E-state index in [-0.39, 0.29) is 32.6 Å². The van der Waals surface area contributed by atoms with Crippen molar-refractivity contribution in [2.75, 3.05) is 0 Å². The molecule has 0 aliphatic carbocycles. The second-order valence-electron chi connectivity index (χ2n) is 5.83. The summed E-state index contributed by atoms with van der Waals surface area (Å²) < 4.78 is 0. The number of rotatable bonds is 6. The molecular weight excluding hydrogens is 327 g/mol. The van der Waals surface area contributed by atoms with Gasteiger partial charge in [-0.3, -0.25) is 14.4 Å². The molecule has 0 radical (unpaired) electrons. The second-order valence-corrected chi connectivity index (χ2v) is 5.83. The van der Waals surface area contributed by atoms with Gasteiger partial charge in [0.25, 0.3) is 0 Å². The number of carbonyl (C=O) groups excluding carboxylic acids is 3. The van der Waals surface area contributed by atoms with E-state index in [0.29, 0.717) is 0 Å². The van der Waals surface area contributed by atoms with Crippen LogP contribution in [-0.2, 0) is 40.6 Å². The van der Waals surface area contributed by atoms with E-state index in [1.165, 1.54) is 27.7 Å². The Balaban J connectivity index is 0. The van der Waals surface area contributed by atoms with Crippen LogP contribution in [0.5, 0.6) is 0 Å². The molecule has 0 aromatic carbocycles. The van der Waals surface area contributed by atoms with E-state index in [0.717, 1.165) is 13.8 Å². The van der Waals surface area contributed by atoms with E-state index in [1.54, 1.807) is 0 Å². The first kappa shape index (κ1) is 21.1. The average Bonchev–Trinajstić information content (AvgIpc) is 1.94. The van der Waals surface area contributed by atoms with Crippen molar-refractivity contribution in [3.05, 3.63) is 0 Å². The van der Waals surface area contributed by atoms with Gasteiger partial charge in [-0.25, -0.2) is 0 Å². The molecule has 0 unspecified atom stereocenters. The molecule has 0 amide bonds. The van der Waals surface area contributed by atoms with Crippen LogP contribution in [0.25, 0.3) is 0 Å². The van der Waals surface area contributed by atoms with Crippen LogP contribution in [0.1, 0.15) is 48.0 Å². The molecule has 0 heterocycles. The van der Waals surface area contributed by atoms with E-state index < -0.39 is 34.0 Å². The fourth-order valence-corrected chi connectivity index (χ4v) is 2.37. The quantitative estimate of drug-likeness (QED) is 0.687. The Bertz CT molecular complexity index is 359. The largest absolute Gasteiger partial charge is 0.390 e. The summed E-state index contributed by atoms with van der Waals surface area (Å²) in [5, 5.41) is 19.7. The Kier molecular flexibility index (Phi) is 7.23. The van der Waals surface area contributed by atoms with Crippen molar-refractivity contribution >= 4 is 17.3 Å². The van der Waals surface area contributed by atoms with Crippen molar-refractivity contribution in [2.24, 2.45) is 5.41 Å². The van der Waals surface area contributed by atoms with E-state index >= 15 is 0 Å². The van der Waals surface area contributed by atoms with Crippen LogP contribution in [0.15, 0.2) is 0 Å². The Morgan fingerprint density at radius 1 is 0.895 bits per heavy atom. The molecule has 0 rings (SSSR count). The van der Waals surface area contributed by atoms with Crippen LogP contribution in [0, 0.1) is 5.41 Å². The first-order valence-corrected chi connectivity index (χ1v) is 5.77. The predicted molar refractivity (Wildman–Crippen MR) is 66.0 cm³/mol. The van der Waals surface area contributed by atoms with Crippen molar-refractivity contribution in [3.8, 4) is 0 Å². The van der Waals surface area contributed by atoms with E-state index in [1.807, 2.05) is 0 Å². The minimum Gasteiger partial charge on any atom is -0.390 e. The zero-order valence-corrected chi connectivity index (χ0v) is 14.8. The molecule has 0 aromatic heterocycles. The van der Waals surface area contributed by atoms with Gasteiger partial charge in [0.1, 0.15) is 0 Å². The first-order chi connectivity index (χ1) is 7.76. The average molecular weight is 350 g/mol. The number of Topliss-reactive ketones (excluding diaryl/α,β-unsaturated/α-hetero) is 3. The maximum atomic E-state index is 12.2. The van der Waals surface area contributed by atoms with Gasteiger partial charge in [0.2, 0.25) is 0 Å². The molecule has 0 saturated heterocycles. The van der Waals surface area contributed by atoms with Crippen molar-refractivity contribution in [2.45, 2.75) is 59.2 Å². The van der Waals surface area contributed by atoms with E-state index in [9.17, 15) is 24.6 Å². The van der Waals surface area contributed by atoms with Gasteiger partial charge in [0.05, 0.1) is 11.2 Å². The molecule has 0 fully saturated rings. The van der Waals surface area contributed by atoms with Gasteiger partial charge in [-0.15, -0.1) is 0 Å². The monoisotopic (exact) mass is 348 g/mol. The summed E-state index contributed by atoms with van der Waals surface area (Å²) in [7, 11) is 0. The molecule has 0 saturated carbocycles. The Morgan fingerprint density at radius 2 is 1.21 bits per heavy atom. The fourth-order valence-electron chi connectivity index (χ4n) is 2.37. The summed E-state index contributed by atoms with van der Waals surface area (Å²) in [6.45, 7) is 7.50. The first-order valence-electron chi connectivity index (χ1n) is 5.77. The number of hydrogen-bond donors (Lipinski definition) is 2. The molecule has 2 N–H and O–H groups in total. The normalized spacial score (nSPS) is 12.6. The summed E-state index contributed by atoms with van der Waals surface area (Å²) in [6.07, 6.45) is -0.379. The molecule has 0 aromatic rings. The van der Waals surface area contributed by atoms with Crippen LogP contribution >= 0.6 is 0 Å². The van der Waals surface area contributed by atoms with Crippen molar-refractivity contribution in [1.82, 2.24) is 0 Å². The van der Waals surface area contributed by atoms with Crippen molar-refractivity contribution < 1.29 is 50.8 Å².